The molecule has 136 valence electrons. The van der Waals surface area contributed by atoms with Gasteiger partial charge in [0.1, 0.15) is 5.75 Å². The fourth-order valence-electron chi connectivity index (χ4n) is 2.85. The Labute approximate surface area is 152 Å². The maximum Gasteiger partial charge on any atom is 0.255 e. The molecule has 26 heavy (non-hydrogen) atoms. The van der Waals surface area contributed by atoms with Crippen LogP contribution in [0, 0.1) is 0 Å². The Morgan fingerprint density at radius 2 is 1.69 bits per heavy atom. The van der Waals surface area contributed by atoms with E-state index in [4.69, 9.17) is 4.74 Å². The zero-order chi connectivity index (χ0) is 18.4. The molecule has 0 radical (unpaired) electrons. The van der Waals surface area contributed by atoms with Crippen LogP contribution in [0.3, 0.4) is 0 Å². The van der Waals surface area contributed by atoms with E-state index in [0.29, 0.717) is 23.5 Å². The van der Waals surface area contributed by atoms with Gasteiger partial charge in [0, 0.05) is 16.9 Å². The molecule has 0 spiro atoms. The summed E-state index contributed by atoms with van der Waals surface area (Å²) in [6.07, 6.45) is 1.87. The summed E-state index contributed by atoms with van der Waals surface area (Å²) in [7, 11) is 0. The van der Waals surface area contributed by atoms with Crippen molar-refractivity contribution in [1.29, 1.82) is 0 Å². The van der Waals surface area contributed by atoms with Gasteiger partial charge in [0.25, 0.3) is 5.91 Å². The number of anilines is 2. The lowest BCUT2D eigenvalue weighted by Crippen LogP contribution is -2.35. The predicted octanol–water partition coefficient (Wildman–Crippen LogP) is 3.03. The molecule has 1 aliphatic heterocycles. The third-order valence-corrected chi connectivity index (χ3v) is 4.21. The van der Waals surface area contributed by atoms with Crippen molar-refractivity contribution in [2.24, 2.45) is 0 Å². The van der Waals surface area contributed by atoms with Crippen LogP contribution in [-0.2, 0) is 4.79 Å². The number of hydrogen-bond acceptors (Lipinski definition) is 4. The van der Waals surface area contributed by atoms with Crippen LogP contribution < -0.4 is 20.7 Å². The molecule has 2 amide bonds. The predicted molar refractivity (Wildman–Crippen MR) is 102 cm³/mol. The van der Waals surface area contributed by atoms with E-state index in [0.717, 1.165) is 25.1 Å². The first-order chi connectivity index (χ1) is 12.7. The second-order valence-electron chi connectivity index (χ2n) is 6.13. The zero-order valence-corrected chi connectivity index (χ0v) is 14.7. The highest BCUT2D eigenvalue weighted by molar-refractivity contribution is 6.04. The van der Waals surface area contributed by atoms with Gasteiger partial charge in [-0.3, -0.25) is 9.59 Å². The van der Waals surface area contributed by atoms with Crippen molar-refractivity contribution in [3.8, 4) is 5.75 Å². The molecule has 1 aliphatic rings. The molecular weight excluding hydrogens is 330 g/mol. The highest BCUT2D eigenvalue weighted by atomic mass is 16.5. The average Bonchev–Trinajstić information content (AvgIpc) is 3.19. The highest BCUT2D eigenvalue weighted by Crippen LogP contribution is 2.17. The number of carbonyl (C=O) groups is 2. The number of rotatable bonds is 6. The molecule has 0 aliphatic carbocycles. The van der Waals surface area contributed by atoms with E-state index in [9.17, 15) is 9.59 Å². The molecule has 1 heterocycles. The smallest absolute Gasteiger partial charge is 0.255 e. The van der Waals surface area contributed by atoms with Crippen LogP contribution >= 0.6 is 0 Å². The molecule has 1 fully saturated rings. The molecular formula is C20H23N3O3. The van der Waals surface area contributed by atoms with E-state index >= 15 is 0 Å². The third-order valence-electron chi connectivity index (χ3n) is 4.21. The zero-order valence-electron chi connectivity index (χ0n) is 14.7. The molecule has 0 aromatic heterocycles. The number of amides is 2. The van der Waals surface area contributed by atoms with Gasteiger partial charge in [-0.1, -0.05) is 0 Å². The Balaban J connectivity index is 1.57. The van der Waals surface area contributed by atoms with Crippen molar-refractivity contribution >= 4 is 23.2 Å². The lowest BCUT2D eigenvalue weighted by molar-refractivity contribution is -0.117. The number of carbonyl (C=O) groups excluding carboxylic acids is 2. The molecule has 1 saturated heterocycles. The van der Waals surface area contributed by atoms with E-state index in [-0.39, 0.29) is 17.9 Å². The van der Waals surface area contributed by atoms with Gasteiger partial charge in [0.2, 0.25) is 5.91 Å². The number of hydrogen-bond donors (Lipinski definition) is 3. The van der Waals surface area contributed by atoms with Crippen LogP contribution in [0.5, 0.6) is 5.75 Å². The van der Waals surface area contributed by atoms with Gasteiger partial charge < -0.3 is 20.7 Å². The van der Waals surface area contributed by atoms with Crippen LogP contribution in [0.2, 0.25) is 0 Å². The fourth-order valence-corrected chi connectivity index (χ4v) is 2.85. The average molecular weight is 353 g/mol. The molecule has 6 nitrogen and oxygen atoms in total. The molecule has 1 unspecified atom stereocenters. The first-order valence-corrected chi connectivity index (χ1v) is 8.84. The van der Waals surface area contributed by atoms with Gasteiger partial charge in [-0.15, -0.1) is 0 Å². The maximum absolute atomic E-state index is 12.3. The summed E-state index contributed by atoms with van der Waals surface area (Å²) in [4.78, 5) is 24.4. The Bertz CT molecular complexity index is 751. The van der Waals surface area contributed by atoms with Gasteiger partial charge in [-0.2, -0.15) is 0 Å². The van der Waals surface area contributed by atoms with Gasteiger partial charge in [-0.05, 0) is 74.8 Å². The van der Waals surface area contributed by atoms with Crippen molar-refractivity contribution < 1.29 is 14.3 Å². The first-order valence-electron chi connectivity index (χ1n) is 8.84. The largest absolute Gasteiger partial charge is 0.494 e. The summed E-state index contributed by atoms with van der Waals surface area (Å²) in [6.45, 7) is 3.40. The van der Waals surface area contributed by atoms with Crippen LogP contribution in [0.1, 0.15) is 30.1 Å². The van der Waals surface area contributed by atoms with Crippen LogP contribution in [0.4, 0.5) is 11.4 Å². The van der Waals surface area contributed by atoms with E-state index in [1.54, 1.807) is 36.4 Å². The molecule has 1 atom stereocenters. The number of ether oxygens (including phenoxy) is 1. The minimum Gasteiger partial charge on any atom is -0.494 e. The SMILES string of the molecule is CCOc1ccc(NC(=O)c2ccc(NC(=O)C3CCCN3)cc2)cc1. The van der Waals surface area contributed by atoms with E-state index in [2.05, 4.69) is 16.0 Å². The number of benzene rings is 2. The van der Waals surface area contributed by atoms with Crippen molar-refractivity contribution in [3.05, 3.63) is 54.1 Å². The molecule has 3 N–H and O–H groups in total. The molecule has 2 aromatic carbocycles. The minimum absolute atomic E-state index is 0.0333. The standard InChI is InChI=1S/C20H23N3O3/c1-2-26-17-11-9-16(10-12-17)22-19(24)14-5-7-15(8-6-14)23-20(25)18-4-3-13-21-18/h5-12,18,21H,2-4,13H2,1H3,(H,22,24)(H,23,25). The summed E-state index contributed by atoms with van der Waals surface area (Å²) in [5.41, 5.74) is 1.90. The lowest BCUT2D eigenvalue weighted by atomic mass is 10.1. The van der Waals surface area contributed by atoms with Crippen molar-refractivity contribution in [3.63, 3.8) is 0 Å². The first kappa shape index (κ1) is 17.9. The molecule has 0 saturated carbocycles. The molecule has 2 aromatic rings. The third kappa shape index (κ3) is 4.61. The van der Waals surface area contributed by atoms with Crippen molar-refractivity contribution in [1.82, 2.24) is 5.32 Å². The summed E-state index contributed by atoms with van der Waals surface area (Å²) < 4.78 is 5.38. The van der Waals surface area contributed by atoms with Crippen LogP contribution in [-0.4, -0.2) is 31.0 Å². The number of nitrogens with one attached hydrogen (secondary N) is 3. The lowest BCUT2D eigenvalue weighted by Gasteiger charge is -2.11. The Hall–Kier alpha value is -2.86. The summed E-state index contributed by atoms with van der Waals surface area (Å²) in [6, 6.07) is 14.0. The summed E-state index contributed by atoms with van der Waals surface area (Å²) in [5, 5.41) is 8.87. The van der Waals surface area contributed by atoms with Gasteiger partial charge in [0.05, 0.1) is 12.6 Å². The van der Waals surface area contributed by atoms with Gasteiger partial charge in [-0.25, -0.2) is 0 Å². The quantitative estimate of drug-likeness (QED) is 0.746. The highest BCUT2D eigenvalue weighted by Gasteiger charge is 2.21. The fraction of sp³-hybridized carbons (Fsp3) is 0.300. The Kier molecular flexibility index (Phi) is 5.86. The topological polar surface area (TPSA) is 79.5 Å². The van der Waals surface area contributed by atoms with Crippen LogP contribution in [0.25, 0.3) is 0 Å². The summed E-state index contributed by atoms with van der Waals surface area (Å²) in [5.74, 6) is 0.529. The summed E-state index contributed by atoms with van der Waals surface area (Å²) >= 11 is 0. The van der Waals surface area contributed by atoms with E-state index in [1.807, 2.05) is 19.1 Å². The molecule has 6 heteroatoms. The molecule has 3 rings (SSSR count). The van der Waals surface area contributed by atoms with Crippen LogP contribution in [0.15, 0.2) is 48.5 Å². The minimum atomic E-state index is -0.204. The molecule has 0 bridgehead atoms. The second kappa shape index (κ2) is 8.49. The monoisotopic (exact) mass is 353 g/mol. The van der Waals surface area contributed by atoms with Gasteiger partial charge in [0.15, 0.2) is 0 Å². The maximum atomic E-state index is 12.3. The second-order valence-corrected chi connectivity index (χ2v) is 6.13. The Morgan fingerprint density at radius 1 is 1.04 bits per heavy atom. The normalized spacial score (nSPS) is 16.1. The van der Waals surface area contributed by atoms with Crippen molar-refractivity contribution in [2.75, 3.05) is 23.8 Å². The Morgan fingerprint density at radius 3 is 2.31 bits per heavy atom. The van der Waals surface area contributed by atoms with Crippen molar-refractivity contribution in [2.45, 2.75) is 25.8 Å². The van der Waals surface area contributed by atoms with Gasteiger partial charge >= 0.3 is 0 Å². The van der Waals surface area contributed by atoms with E-state index in [1.165, 1.54) is 0 Å². The van der Waals surface area contributed by atoms with E-state index < -0.39 is 0 Å².